The monoisotopic (exact) mass is 653 g/mol. The highest BCUT2D eigenvalue weighted by Crippen LogP contribution is 2.27. The van der Waals surface area contributed by atoms with E-state index in [9.17, 15) is 18.0 Å². The number of rotatable bonds is 11. The van der Waals surface area contributed by atoms with E-state index in [1.54, 1.807) is 25.1 Å². The molecule has 39 heavy (non-hydrogen) atoms. The van der Waals surface area contributed by atoms with Gasteiger partial charge in [-0.1, -0.05) is 64.3 Å². The first-order chi connectivity index (χ1) is 18.4. The molecular weight excluding hydrogens is 625 g/mol. The highest BCUT2D eigenvalue weighted by molar-refractivity contribution is 9.10. The zero-order valence-corrected chi connectivity index (χ0v) is 25.7. The van der Waals surface area contributed by atoms with Crippen molar-refractivity contribution in [3.8, 4) is 0 Å². The molecule has 0 aliphatic rings. The molecule has 7 nitrogen and oxygen atoms in total. The van der Waals surface area contributed by atoms with Gasteiger partial charge in [0.1, 0.15) is 12.6 Å². The Hall–Kier alpha value is -2.59. The van der Waals surface area contributed by atoms with Crippen LogP contribution in [-0.2, 0) is 26.2 Å². The fourth-order valence-electron chi connectivity index (χ4n) is 3.77. The van der Waals surface area contributed by atoms with Gasteiger partial charge < -0.3 is 10.2 Å². The van der Waals surface area contributed by atoms with Crippen molar-refractivity contribution >= 4 is 66.7 Å². The van der Waals surface area contributed by atoms with Gasteiger partial charge in [-0.25, -0.2) is 8.42 Å². The minimum absolute atomic E-state index is 0.0409. The molecule has 2 amide bonds. The van der Waals surface area contributed by atoms with Gasteiger partial charge in [0.15, 0.2) is 0 Å². The summed E-state index contributed by atoms with van der Waals surface area (Å²) in [5, 5.41) is 3.60. The van der Waals surface area contributed by atoms with Crippen LogP contribution < -0.4 is 9.62 Å². The number of amides is 2. The summed E-state index contributed by atoms with van der Waals surface area (Å²) in [6.45, 7) is 5.00. The standard InChI is InChI=1S/C28H30BrCl2N3O4S/c1-4-19(2)32-28(36)20(3)33(17-21-7-5-8-22(29)15-21)27(35)18-34(25-10-6-9-24(31)16-25)39(37,38)26-13-11-23(30)12-14-26/h5-16,19-20H,4,17-18H2,1-3H3,(H,32,36). The van der Waals surface area contributed by atoms with Gasteiger partial charge in [-0.15, -0.1) is 0 Å². The molecule has 0 saturated carbocycles. The van der Waals surface area contributed by atoms with Crippen LogP contribution in [0.15, 0.2) is 82.2 Å². The summed E-state index contributed by atoms with van der Waals surface area (Å²) >= 11 is 15.6. The summed E-state index contributed by atoms with van der Waals surface area (Å²) in [7, 11) is -4.20. The van der Waals surface area contributed by atoms with Gasteiger partial charge in [-0.05, 0) is 80.4 Å². The molecule has 0 spiro atoms. The Labute approximate surface area is 248 Å². The third-order valence-corrected chi connectivity index (χ3v) is 8.96. The molecule has 0 radical (unpaired) electrons. The molecule has 3 rings (SSSR count). The normalized spacial score (nSPS) is 12.9. The number of halogens is 3. The fourth-order valence-corrected chi connectivity index (χ4v) is 5.94. The van der Waals surface area contributed by atoms with Crippen LogP contribution in [0.2, 0.25) is 10.0 Å². The SMILES string of the molecule is CCC(C)NC(=O)C(C)N(Cc1cccc(Br)c1)C(=O)CN(c1cccc(Cl)c1)S(=O)(=O)c1ccc(Cl)cc1. The maximum atomic E-state index is 13.9. The average molecular weight is 655 g/mol. The highest BCUT2D eigenvalue weighted by Gasteiger charge is 2.33. The predicted octanol–water partition coefficient (Wildman–Crippen LogP) is 6.28. The van der Waals surface area contributed by atoms with Crippen molar-refractivity contribution in [1.82, 2.24) is 10.2 Å². The van der Waals surface area contributed by atoms with E-state index < -0.39 is 28.5 Å². The van der Waals surface area contributed by atoms with Crippen LogP contribution in [0.1, 0.15) is 32.8 Å². The molecule has 2 unspecified atom stereocenters. The molecule has 0 heterocycles. The Morgan fingerprint density at radius 2 is 1.62 bits per heavy atom. The van der Waals surface area contributed by atoms with Crippen LogP contribution in [0, 0.1) is 0 Å². The van der Waals surface area contributed by atoms with Gasteiger partial charge >= 0.3 is 0 Å². The van der Waals surface area contributed by atoms with Crippen LogP contribution in [0.25, 0.3) is 0 Å². The number of nitrogens with zero attached hydrogens (tertiary/aromatic N) is 2. The number of nitrogens with one attached hydrogen (secondary N) is 1. The highest BCUT2D eigenvalue weighted by atomic mass is 79.9. The van der Waals surface area contributed by atoms with Crippen LogP contribution in [0.3, 0.4) is 0 Å². The predicted molar refractivity (Wildman–Crippen MR) is 159 cm³/mol. The van der Waals surface area contributed by atoms with Crippen molar-refractivity contribution in [2.45, 2.75) is 50.7 Å². The van der Waals surface area contributed by atoms with Gasteiger partial charge in [-0.3, -0.25) is 13.9 Å². The Morgan fingerprint density at radius 3 is 2.23 bits per heavy atom. The van der Waals surface area contributed by atoms with Crippen LogP contribution in [-0.4, -0.2) is 43.8 Å². The molecule has 208 valence electrons. The van der Waals surface area contributed by atoms with Gasteiger partial charge in [0, 0.05) is 27.1 Å². The molecule has 0 aliphatic carbocycles. The summed E-state index contributed by atoms with van der Waals surface area (Å²) < 4.78 is 29.4. The number of benzene rings is 3. The lowest BCUT2D eigenvalue weighted by Crippen LogP contribution is -2.52. The van der Waals surface area contributed by atoms with Gasteiger partial charge in [-0.2, -0.15) is 0 Å². The number of anilines is 1. The molecule has 2 atom stereocenters. The minimum atomic E-state index is -4.20. The largest absolute Gasteiger partial charge is 0.352 e. The first-order valence-corrected chi connectivity index (χ1v) is 15.3. The van der Waals surface area contributed by atoms with Gasteiger partial charge in [0.2, 0.25) is 11.8 Å². The number of hydrogen-bond acceptors (Lipinski definition) is 4. The van der Waals surface area contributed by atoms with E-state index in [0.717, 1.165) is 20.8 Å². The number of carbonyl (C=O) groups is 2. The Bertz CT molecular complexity index is 1420. The molecular formula is C28H30BrCl2N3O4S. The quantitative estimate of drug-likeness (QED) is 0.264. The van der Waals surface area contributed by atoms with Crippen molar-refractivity contribution in [3.05, 3.63) is 92.9 Å². The smallest absolute Gasteiger partial charge is 0.264 e. The molecule has 0 saturated heterocycles. The van der Waals surface area contributed by atoms with Gasteiger partial charge in [0.05, 0.1) is 10.6 Å². The van der Waals surface area contributed by atoms with Crippen LogP contribution >= 0.6 is 39.1 Å². The molecule has 11 heteroatoms. The van der Waals surface area contributed by atoms with Crippen molar-refractivity contribution in [3.63, 3.8) is 0 Å². The second-order valence-corrected chi connectivity index (χ2v) is 12.7. The first kappa shape index (κ1) is 30.9. The minimum Gasteiger partial charge on any atom is -0.352 e. The molecule has 3 aromatic rings. The lowest BCUT2D eigenvalue weighted by Gasteiger charge is -2.32. The maximum Gasteiger partial charge on any atom is 0.264 e. The summed E-state index contributed by atoms with van der Waals surface area (Å²) in [6, 6.07) is 18.3. The second-order valence-electron chi connectivity index (χ2n) is 9.09. The number of hydrogen-bond donors (Lipinski definition) is 1. The van der Waals surface area contributed by atoms with Crippen molar-refractivity contribution in [1.29, 1.82) is 0 Å². The van der Waals surface area contributed by atoms with Gasteiger partial charge in [0.25, 0.3) is 10.0 Å². The maximum absolute atomic E-state index is 13.9. The lowest BCUT2D eigenvalue weighted by molar-refractivity contribution is -0.139. The van der Waals surface area contributed by atoms with E-state index in [2.05, 4.69) is 21.2 Å². The Balaban J connectivity index is 2.03. The Kier molecular flexibility index (Phi) is 10.8. The molecule has 3 aromatic carbocycles. The first-order valence-electron chi connectivity index (χ1n) is 12.3. The number of carbonyl (C=O) groups excluding carboxylic acids is 2. The zero-order valence-electron chi connectivity index (χ0n) is 21.8. The summed E-state index contributed by atoms with van der Waals surface area (Å²) in [6.07, 6.45) is 0.722. The summed E-state index contributed by atoms with van der Waals surface area (Å²) in [5.74, 6) is -0.887. The Morgan fingerprint density at radius 1 is 0.949 bits per heavy atom. The van der Waals surface area contributed by atoms with Crippen molar-refractivity contribution in [2.75, 3.05) is 10.8 Å². The summed E-state index contributed by atoms with van der Waals surface area (Å²) in [5.41, 5.74) is 0.987. The third kappa shape index (κ3) is 8.20. The van der Waals surface area contributed by atoms with E-state index in [0.29, 0.717) is 10.0 Å². The van der Waals surface area contributed by atoms with Crippen LogP contribution in [0.4, 0.5) is 5.69 Å². The molecule has 0 bridgehead atoms. The van der Waals surface area contributed by atoms with E-state index >= 15 is 0 Å². The van der Waals surface area contributed by atoms with E-state index in [4.69, 9.17) is 23.2 Å². The van der Waals surface area contributed by atoms with E-state index in [1.807, 2.05) is 38.1 Å². The van der Waals surface area contributed by atoms with E-state index in [-0.39, 0.29) is 29.1 Å². The van der Waals surface area contributed by atoms with E-state index in [1.165, 1.54) is 35.2 Å². The zero-order chi connectivity index (χ0) is 28.7. The van der Waals surface area contributed by atoms with Crippen LogP contribution in [0.5, 0.6) is 0 Å². The second kappa shape index (κ2) is 13.7. The lowest BCUT2D eigenvalue weighted by atomic mass is 10.1. The summed E-state index contributed by atoms with van der Waals surface area (Å²) in [4.78, 5) is 28.3. The molecule has 0 aromatic heterocycles. The number of sulfonamides is 1. The average Bonchev–Trinajstić information content (AvgIpc) is 2.89. The van der Waals surface area contributed by atoms with Crippen molar-refractivity contribution < 1.29 is 18.0 Å². The van der Waals surface area contributed by atoms with Crippen molar-refractivity contribution in [2.24, 2.45) is 0 Å². The fraction of sp³-hybridized carbons (Fsp3) is 0.286. The third-order valence-electron chi connectivity index (χ3n) is 6.19. The topological polar surface area (TPSA) is 86.8 Å². The molecule has 1 N–H and O–H groups in total. The molecule has 0 fully saturated rings. The molecule has 0 aliphatic heterocycles.